The highest BCUT2D eigenvalue weighted by Crippen LogP contribution is 2.34. The fourth-order valence-electron chi connectivity index (χ4n) is 3.21. The van der Waals surface area contributed by atoms with Crippen LogP contribution in [0.2, 0.25) is 0 Å². The van der Waals surface area contributed by atoms with Crippen molar-refractivity contribution in [3.8, 4) is 23.0 Å². The molecule has 4 rings (SSSR count). The average Bonchev–Trinajstić information content (AvgIpc) is 3.37. The maximum absolute atomic E-state index is 14.7. The van der Waals surface area contributed by atoms with Gasteiger partial charge in [0.1, 0.15) is 17.1 Å². The van der Waals surface area contributed by atoms with E-state index < -0.39 is 11.7 Å². The first-order chi connectivity index (χ1) is 13.8. The molecule has 4 N–H and O–H groups in total. The lowest BCUT2D eigenvalue weighted by molar-refractivity contribution is 0.0996. The summed E-state index contributed by atoms with van der Waals surface area (Å²) in [5, 5.41) is 8.98. The molecule has 150 valence electrons. The van der Waals surface area contributed by atoms with Crippen molar-refractivity contribution < 1.29 is 13.6 Å². The van der Waals surface area contributed by atoms with Crippen LogP contribution in [-0.2, 0) is 20.1 Å². The van der Waals surface area contributed by atoms with Crippen molar-refractivity contribution in [3.63, 3.8) is 0 Å². The van der Waals surface area contributed by atoms with Crippen LogP contribution in [0.4, 0.5) is 4.39 Å². The van der Waals surface area contributed by atoms with Crippen molar-refractivity contribution in [1.82, 2.24) is 29.5 Å². The van der Waals surface area contributed by atoms with Gasteiger partial charge in [0, 0.05) is 25.5 Å². The Bertz CT molecular complexity index is 1250. The lowest BCUT2D eigenvalue weighted by Gasteiger charge is -2.04. The van der Waals surface area contributed by atoms with E-state index in [1.54, 1.807) is 30.9 Å². The van der Waals surface area contributed by atoms with Crippen molar-refractivity contribution in [1.29, 1.82) is 0 Å². The monoisotopic (exact) mass is 398 g/mol. The number of hydrogen-bond acceptors (Lipinski definition) is 7. The van der Waals surface area contributed by atoms with Crippen LogP contribution >= 0.6 is 0 Å². The van der Waals surface area contributed by atoms with Crippen LogP contribution in [0.25, 0.3) is 33.9 Å². The molecule has 1 amide bonds. The highest BCUT2D eigenvalue weighted by molar-refractivity contribution is 5.99. The van der Waals surface area contributed by atoms with Gasteiger partial charge >= 0.3 is 0 Å². The normalized spacial score (nSPS) is 11.5. The number of rotatable bonds is 5. The second kappa shape index (κ2) is 6.78. The summed E-state index contributed by atoms with van der Waals surface area (Å²) in [6.45, 7) is 3.85. The van der Waals surface area contributed by atoms with Crippen molar-refractivity contribution in [3.05, 3.63) is 35.2 Å². The molecule has 0 aliphatic rings. The van der Waals surface area contributed by atoms with E-state index in [-0.39, 0.29) is 35.3 Å². The third kappa shape index (κ3) is 2.86. The molecule has 11 heteroatoms. The molecule has 0 aromatic carbocycles. The van der Waals surface area contributed by atoms with E-state index in [1.165, 1.54) is 4.68 Å². The fourth-order valence-corrected chi connectivity index (χ4v) is 3.21. The van der Waals surface area contributed by atoms with Crippen molar-refractivity contribution >= 4 is 16.8 Å². The predicted molar refractivity (Wildman–Crippen MR) is 102 cm³/mol. The Morgan fingerprint density at radius 1 is 1.34 bits per heavy atom. The van der Waals surface area contributed by atoms with Gasteiger partial charge < -0.3 is 15.9 Å². The minimum Gasteiger partial charge on any atom is -0.433 e. The smallest absolute Gasteiger partial charge is 0.267 e. The Morgan fingerprint density at radius 3 is 2.76 bits per heavy atom. The van der Waals surface area contributed by atoms with E-state index in [4.69, 9.17) is 15.9 Å². The number of pyridine rings is 1. The molecule has 0 aliphatic heterocycles. The van der Waals surface area contributed by atoms with Gasteiger partial charge in [0.15, 0.2) is 17.3 Å². The standard InChI is InChI=1S/C18H19FN8O2/c1-4-27-15(13(19)8(2)25-27)18-24-11(6-20)16(29-18)14-9-7-22-26(3)12(9)5-10(23-14)17(21)28/h5,7H,4,6,20H2,1-3H3,(H2,21,28). The van der Waals surface area contributed by atoms with E-state index in [0.717, 1.165) is 0 Å². The predicted octanol–water partition coefficient (Wildman–Crippen LogP) is 1.51. The van der Waals surface area contributed by atoms with Gasteiger partial charge in [0.25, 0.3) is 5.91 Å². The molecule has 0 radical (unpaired) electrons. The number of nitrogens with two attached hydrogens (primary N) is 2. The Hall–Kier alpha value is -3.60. The lowest BCUT2D eigenvalue weighted by atomic mass is 10.1. The molecule has 29 heavy (non-hydrogen) atoms. The molecule has 0 aliphatic carbocycles. The van der Waals surface area contributed by atoms with E-state index in [9.17, 15) is 9.18 Å². The van der Waals surface area contributed by atoms with Crippen LogP contribution in [0.15, 0.2) is 16.7 Å². The molecule has 0 unspecified atom stereocenters. The molecule has 0 saturated carbocycles. The number of primary amides is 1. The van der Waals surface area contributed by atoms with Gasteiger partial charge in [0.05, 0.1) is 17.4 Å². The zero-order chi connectivity index (χ0) is 20.9. The third-order valence-electron chi connectivity index (χ3n) is 4.66. The molecule has 4 aromatic rings. The number of carbonyl (C=O) groups is 1. The first-order valence-corrected chi connectivity index (χ1v) is 8.91. The number of aryl methyl sites for hydroxylation is 3. The second-order valence-corrected chi connectivity index (χ2v) is 6.48. The van der Waals surface area contributed by atoms with Crippen molar-refractivity contribution in [2.24, 2.45) is 18.5 Å². The number of hydrogen-bond donors (Lipinski definition) is 2. The molecule has 0 saturated heterocycles. The van der Waals surface area contributed by atoms with Gasteiger partial charge in [-0.05, 0) is 19.9 Å². The third-order valence-corrected chi connectivity index (χ3v) is 4.66. The molecule has 10 nitrogen and oxygen atoms in total. The molecule has 0 bridgehead atoms. The summed E-state index contributed by atoms with van der Waals surface area (Å²) in [6, 6.07) is 1.54. The van der Waals surface area contributed by atoms with Crippen LogP contribution in [-0.4, -0.2) is 35.4 Å². The lowest BCUT2D eigenvalue weighted by Crippen LogP contribution is -2.14. The minimum absolute atomic E-state index is 0.0178. The molecular weight excluding hydrogens is 379 g/mol. The van der Waals surface area contributed by atoms with Crippen LogP contribution < -0.4 is 11.5 Å². The SMILES string of the molecule is CCn1nc(C)c(F)c1-c1nc(CN)c(-c2nc(C(N)=O)cc3c2cnn3C)o1. The second-order valence-electron chi connectivity index (χ2n) is 6.48. The summed E-state index contributed by atoms with van der Waals surface area (Å²) >= 11 is 0. The van der Waals surface area contributed by atoms with Gasteiger partial charge in [-0.2, -0.15) is 10.2 Å². The van der Waals surface area contributed by atoms with Crippen LogP contribution in [0.3, 0.4) is 0 Å². The molecular formula is C18H19FN8O2. The zero-order valence-corrected chi connectivity index (χ0v) is 16.1. The summed E-state index contributed by atoms with van der Waals surface area (Å²) in [6.07, 6.45) is 1.59. The van der Waals surface area contributed by atoms with Crippen LogP contribution in [0.5, 0.6) is 0 Å². The topological polar surface area (TPSA) is 144 Å². The summed E-state index contributed by atoms with van der Waals surface area (Å²) in [7, 11) is 1.73. The Balaban J connectivity index is 1.99. The number of halogens is 1. The molecule has 0 fully saturated rings. The summed E-state index contributed by atoms with van der Waals surface area (Å²) in [5.41, 5.74) is 13.0. The molecule has 0 atom stereocenters. The van der Waals surface area contributed by atoms with Gasteiger partial charge in [-0.1, -0.05) is 0 Å². The molecule has 4 heterocycles. The van der Waals surface area contributed by atoms with Gasteiger partial charge in [-0.25, -0.2) is 14.4 Å². The number of oxazole rings is 1. The van der Waals surface area contributed by atoms with Gasteiger partial charge in [-0.3, -0.25) is 14.2 Å². The van der Waals surface area contributed by atoms with Crippen molar-refractivity contribution in [2.75, 3.05) is 0 Å². The van der Waals surface area contributed by atoms with E-state index in [1.807, 2.05) is 6.92 Å². The number of nitrogens with zero attached hydrogens (tertiary/aromatic N) is 6. The van der Waals surface area contributed by atoms with Gasteiger partial charge in [-0.15, -0.1) is 0 Å². The maximum Gasteiger partial charge on any atom is 0.267 e. The number of carbonyl (C=O) groups excluding carboxylic acids is 1. The molecule has 4 aromatic heterocycles. The average molecular weight is 398 g/mol. The van der Waals surface area contributed by atoms with Crippen LogP contribution in [0.1, 0.15) is 28.8 Å². The Labute approximate surface area is 164 Å². The van der Waals surface area contributed by atoms with Gasteiger partial charge in [0.2, 0.25) is 5.89 Å². The summed E-state index contributed by atoms with van der Waals surface area (Å²) in [4.78, 5) is 20.5. The summed E-state index contributed by atoms with van der Waals surface area (Å²) in [5.74, 6) is -0.962. The first kappa shape index (κ1) is 18.7. The van der Waals surface area contributed by atoms with E-state index in [2.05, 4.69) is 20.2 Å². The first-order valence-electron chi connectivity index (χ1n) is 8.91. The Kier molecular flexibility index (Phi) is 4.38. The van der Waals surface area contributed by atoms with Crippen LogP contribution in [0, 0.1) is 12.7 Å². The maximum atomic E-state index is 14.7. The molecule has 0 spiro atoms. The quantitative estimate of drug-likeness (QED) is 0.518. The fraction of sp³-hybridized carbons (Fsp3) is 0.278. The number of fused-ring (bicyclic) bond motifs is 1. The Morgan fingerprint density at radius 2 is 2.10 bits per heavy atom. The zero-order valence-electron chi connectivity index (χ0n) is 16.1. The highest BCUT2D eigenvalue weighted by atomic mass is 19.1. The van der Waals surface area contributed by atoms with E-state index in [0.29, 0.717) is 28.8 Å². The summed E-state index contributed by atoms with van der Waals surface area (Å²) < 4.78 is 23.6. The number of amides is 1. The largest absolute Gasteiger partial charge is 0.433 e. The minimum atomic E-state index is -0.700. The highest BCUT2D eigenvalue weighted by Gasteiger charge is 2.26. The number of aromatic nitrogens is 6. The van der Waals surface area contributed by atoms with E-state index >= 15 is 0 Å². The van der Waals surface area contributed by atoms with Crippen molar-refractivity contribution in [2.45, 2.75) is 26.9 Å².